The summed E-state index contributed by atoms with van der Waals surface area (Å²) < 4.78 is 0. The Morgan fingerprint density at radius 3 is 2.68 bits per heavy atom. The van der Waals surface area contributed by atoms with Crippen molar-refractivity contribution in [2.75, 3.05) is 19.6 Å². The highest BCUT2D eigenvalue weighted by Gasteiger charge is 2.28. The fourth-order valence-corrected chi connectivity index (χ4v) is 3.07. The molecule has 1 aromatic carbocycles. The maximum Gasteiger partial charge on any atom is 0.0320 e. The molecular formula is C17H28N2. The summed E-state index contributed by atoms with van der Waals surface area (Å²) in [6.07, 6.45) is 1.27. The average Bonchev–Trinajstić information content (AvgIpc) is 2.41. The Balaban J connectivity index is 2.10. The fourth-order valence-electron chi connectivity index (χ4n) is 3.07. The summed E-state index contributed by atoms with van der Waals surface area (Å²) in [5.74, 6) is 1.43. The monoisotopic (exact) mass is 260 g/mol. The summed E-state index contributed by atoms with van der Waals surface area (Å²) in [5, 5.41) is 0. The van der Waals surface area contributed by atoms with Crippen molar-refractivity contribution in [2.45, 2.75) is 40.2 Å². The smallest absolute Gasteiger partial charge is 0.0320 e. The Morgan fingerprint density at radius 2 is 2.05 bits per heavy atom. The molecule has 1 aromatic rings. The van der Waals surface area contributed by atoms with Gasteiger partial charge >= 0.3 is 0 Å². The highest BCUT2D eigenvalue weighted by atomic mass is 15.2. The Hall–Kier alpha value is -0.860. The molecule has 2 heteroatoms. The van der Waals surface area contributed by atoms with Crippen LogP contribution in [0.5, 0.6) is 0 Å². The lowest BCUT2D eigenvalue weighted by Gasteiger charge is -2.40. The molecule has 2 N–H and O–H groups in total. The zero-order valence-electron chi connectivity index (χ0n) is 12.8. The minimum atomic E-state index is 0.501. The van der Waals surface area contributed by atoms with Gasteiger partial charge in [-0.1, -0.05) is 25.1 Å². The van der Waals surface area contributed by atoms with E-state index in [1.165, 1.54) is 29.7 Å². The Kier molecular flexibility index (Phi) is 4.64. The van der Waals surface area contributed by atoms with Crippen LogP contribution < -0.4 is 5.73 Å². The molecule has 0 saturated carbocycles. The maximum atomic E-state index is 5.91. The van der Waals surface area contributed by atoms with E-state index in [1.54, 1.807) is 0 Å². The predicted octanol–water partition coefficient (Wildman–Crippen LogP) is 3.28. The lowest BCUT2D eigenvalue weighted by molar-refractivity contribution is 0.0978. The van der Waals surface area contributed by atoms with Gasteiger partial charge < -0.3 is 5.73 Å². The van der Waals surface area contributed by atoms with Gasteiger partial charge in [-0.2, -0.15) is 0 Å². The van der Waals surface area contributed by atoms with Crippen LogP contribution in [0.3, 0.4) is 0 Å². The van der Waals surface area contributed by atoms with Gasteiger partial charge in [-0.3, -0.25) is 4.90 Å². The van der Waals surface area contributed by atoms with E-state index in [9.17, 15) is 0 Å². The lowest BCUT2D eigenvalue weighted by atomic mass is 9.86. The first-order valence-electron chi connectivity index (χ1n) is 7.54. The molecule has 3 unspecified atom stereocenters. The first-order chi connectivity index (χ1) is 9.02. The molecule has 2 rings (SSSR count). The number of benzene rings is 1. The molecule has 0 aromatic heterocycles. The number of hydrogen-bond acceptors (Lipinski definition) is 2. The Labute approximate surface area is 118 Å². The van der Waals surface area contributed by atoms with Gasteiger partial charge in [-0.25, -0.2) is 0 Å². The second-order valence-corrected chi connectivity index (χ2v) is 6.28. The molecule has 3 atom stereocenters. The molecule has 106 valence electrons. The second-order valence-electron chi connectivity index (χ2n) is 6.28. The van der Waals surface area contributed by atoms with E-state index in [-0.39, 0.29) is 0 Å². The van der Waals surface area contributed by atoms with E-state index in [0.717, 1.165) is 19.0 Å². The van der Waals surface area contributed by atoms with E-state index in [0.29, 0.717) is 12.0 Å². The van der Waals surface area contributed by atoms with Gasteiger partial charge in [0.25, 0.3) is 0 Å². The number of nitrogens with zero attached hydrogens (tertiary/aromatic N) is 1. The molecule has 19 heavy (non-hydrogen) atoms. The van der Waals surface area contributed by atoms with Crippen molar-refractivity contribution in [1.82, 2.24) is 4.90 Å². The quantitative estimate of drug-likeness (QED) is 0.903. The summed E-state index contributed by atoms with van der Waals surface area (Å²) in [6, 6.07) is 7.37. The van der Waals surface area contributed by atoms with Crippen LogP contribution in [0.25, 0.3) is 0 Å². The first-order valence-corrected chi connectivity index (χ1v) is 7.54. The summed E-state index contributed by atoms with van der Waals surface area (Å²) in [5.41, 5.74) is 10.1. The van der Waals surface area contributed by atoms with Crippen molar-refractivity contribution < 1.29 is 0 Å². The van der Waals surface area contributed by atoms with Crippen LogP contribution in [0.4, 0.5) is 0 Å². The van der Waals surface area contributed by atoms with Crippen LogP contribution in [-0.4, -0.2) is 24.5 Å². The maximum absolute atomic E-state index is 5.91. The number of nitrogens with two attached hydrogens (primary N) is 1. The molecule has 0 radical (unpaired) electrons. The molecule has 0 amide bonds. The number of hydrogen-bond donors (Lipinski definition) is 1. The van der Waals surface area contributed by atoms with E-state index >= 15 is 0 Å². The molecule has 0 aliphatic carbocycles. The third-order valence-electron chi connectivity index (χ3n) is 5.01. The van der Waals surface area contributed by atoms with Gasteiger partial charge in [0.05, 0.1) is 0 Å². The number of rotatable bonds is 3. The van der Waals surface area contributed by atoms with Crippen molar-refractivity contribution in [1.29, 1.82) is 0 Å². The highest BCUT2D eigenvalue weighted by Crippen LogP contribution is 2.30. The number of likely N-dealkylation sites (tertiary alicyclic amines) is 1. The van der Waals surface area contributed by atoms with Crippen LogP contribution >= 0.6 is 0 Å². The third kappa shape index (κ3) is 3.18. The highest BCUT2D eigenvalue weighted by molar-refractivity contribution is 5.31. The predicted molar refractivity (Wildman–Crippen MR) is 82.2 cm³/mol. The van der Waals surface area contributed by atoms with E-state index < -0.39 is 0 Å². The van der Waals surface area contributed by atoms with Crippen LogP contribution in [0.15, 0.2) is 18.2 Å². The van der Waals surface area contributed by atoms with E-state index in [1.807, 2.05) is 0 Å². The summed E-state index contributed by atoms with van der Waals surface area (Å²) in [7, 11) is 0. The van der Waals surface area contributed by atoms with Gasteiger partial charge in [0.15, 0.2) is 0 Å². The van der Waals surface area contributed by atoms with Gasteiger partial charge in [0, 0.05) is 12.6 Å². The molecule has 1 aliphatic rings. The van der Waals surface area contributed by atoms with Crippen LogP contribution in [0, 0.1) is 25.7 Å². The zero-order valence-corrected chi connectivity index (χ0v) is 12.8. The van der Waals surface area contributed by atoms with Crippen molar-refractivity contribution in [2.24, 2.45) is 17.6 Å². The molecular weight excluding hydrogens is 232 g/mol. The molecule has 1 saturated heterocycles. The minimum absolute atomic E-state index is 0.501. The zero-order chi connectivity index (χ0) is 14.0. The normalized spacial score (nSPS) is 26.4. The third-order valence-corrected chi connectivity index (χ3v) is 5.01. The molecule has 1 heterocycles. The molecule has 2 nitrogen and oxygen atoms in total. The standard InChI is InChI=1S/C17H28N2/c1-12-5-6-16(9-14(12)3)15(4)19-8-7-13(2)17(10-18)11-19/h5-6,9,13,15,17H,7-8,10-11,18H2,1-4H3. The van der Waals surface area contributed by atoms with Gasteiger partial charge in [-0.15, -0.1) is 0 Å². The fraction of sp³-hybridized carbons (Fsp3) is 0.647. The Bertz CT molecular complexity index is 427. The second kappa shape index (κ2) is 6.06. The molecule has 1 fully saturated rings. The first kappa shape index (κ1) is 14.5. The van der Waals surface area contributed by atoms with Crippen molar-refractivity contribution in [3.05, 3.63) is 34.9 Å². The summed E-state index contributed by atoms with van der Waals surface area (Å²) in [6.45, 7) is 12.2. The van der Waals surface area contributed by atoms with Crippen LogP contribution in [-0.2, 0) is 0 Å². The van der Waals surface area contributed by atoms with Crippen LogP contribution in [0.2, 0.25) is 0 Å². The van der Waals surface area contributed by atoms with Gasteiger partial charge in [-0.05, 0) is 68.8 Å². The largest absolute Gasteiger partial charge is 0.330 e. The SMILES string of the molecule is Cc1ccc(C(C)N2CCC(C)C(CN)C2)cc1C. The summed E-state index contributed by atoms with van der Waals surface area (Å²) in [4.78, 5) is 2.60. The Morgan fingerprint density at radius 1 is 1.32 bits per heavy atom. The average molecular weight is 260 g/mol. The van der Waals surface area contributed by atoms with E-state index in [2.05, 4.69) is 50.8 Å². The molecule has 1 aliphatic heterocycles. The van der Waals surface area contributed by atoms with Crippen molar-refractivity contribution in [3.63, 3.8) is 0 Å². The topological polar surface area (TPSA) is 29.3 Å². The van der Waals surface area contributed by atoms with Gasteiger partial charge in [0.2, 0.25) is 0 Å². The number of aryl methyl sites for hydroxylation is 2. The minimum Gasteiger partial charge on any atom is -0.330 e. The lowest BCUT2D eigenvalue weighted by Crippen LogP contribution is -2.43. The van der Waals surface area contributed by atoms with Crippen LogP contribution in [0.1, 0.15) is 43.0 Å². The molecule has 0 bridgehead atoms. The van der Waals surface area contributed by atoms with E-state index in [4.69, 9.17) is 5.73 Å². The van der Waals surface area contributed by atoms with Crippen molar-refractivity contribution >= 4 is 0 Å². The molecule has 0 spiro atoms. The number of piperidine rings is 1. The summed E-state index contributed by atoms with van der Waals surface area (Å²) >= 11 is 0. The van der Waals surface area contributed by atoms with Crippen molar-refractivity contribution in [3.8, 4) is 0 Å². The van der Waals surface area contributed by atoms with Gasteiger partial charge in [0.1, 0.15) is 0 Å².